The Labute approximate surface area is 195 Å². The number of hydrogen-bond acceptors (Lipinski definition) is 5. The van der Waals surface area contributed by atoms with Gasteiger partial charge >= 0.3 is 6.03 Å². The van der Waals surface area contributed by atoms with Crippen molar-refractivity contribution in [1.82, 2.24) is 20.0 Å². The average molecular weight is 460 g/mol. The van der Waals surface area contributed by atoms with Gasteiger partial charge < -0.3 is 19.5 Å². The lowest BCUT2D eigenvalue weighted by Crippen LogP contribution is -2.53. The Hall–Kier alpha value is -4.14. The second-order valence-electron chi connectivity index (χ2n) is 8.62. The zero-order valence-corrected chi connectivity index (χ0v) is 18.7. The van der Waals surface area contributed by atoms with E-state index in [1.807, 2.05) is 42.5 Å². The smallest absolute Gasteiger partial charge is 0.325 e. The molecule has 2 aliphatic heterocycles. The maximum Gasteiger partial charge on any atom is 0.325 e. The van der Waals surface area contributed by atoms with Crippen LogP contribution in [0, 0.1) is 0 Å². The summed E-state index contributed by atoms with van der Waals surface area (Å²) in [5.41, 5.74) is -0.587. The normalized spacial score (nSPS) is 20.7. The molecular weight excluding hydrogens is 436 g/mol. The monoisotopic (exact) mass is 460 g/mol. The summed E-state index contributed by atoms with van der Waals surface area (Å²) in [7, 11) is 0. The summed E-state index contributed by atoms with van der Waals surface area (Å²) in [6.07, 6.45) is 1.44. The van der Waals surface area contributed by atoms with E-state index in [9.17, 15) is 19.2 Å². The predicted octanol–water partition coefficient (Wildman–Crippen LogP) is 2.18. The lowest BCUT2D eigenvalue weighted by atomic mass is 9.88. The molecule has 1 N–H and O–H groups in total. The van der Waals surface area contributed by atoms with Crippen LogP contribution in [0.25, 0.3) is 10.8 Å². The largest absolute Gasteiger partial charge is 0.459 e. The number of furan rings is 1. The van der Waals surface area contributed by atoms with E-state index in [0.717, 1.165) is 15.7 Å². The first-order chi connectivity index (χ1) is 16.4. The molecule has 5 rings (SSSR count). The number of carbonyl (C=O) groups is 4. The summed E-state index contributed by atoms with van der Waals surface area (Å²) in [5.74, 6) is -0.770. The first-order valence-corrected chi connectivity index (χ1v) is 11.1. The quantitative estimate of drug-likeness (QED) is 0.601. The van der Waals surface area contributed by atoms with Crippen LogP contribution in [-0.4, -0.2) is 71.2 Å². The van der Waals surface area contributed by atoms with Gasteiger partial charge in [0.2, 0.25) is 5.91 Å². The number of imide groups is 1. The highest BCUT2D eigenvalue weighted by Crippen LogP contribution is 2.33. The fraction of sp³-hybridized carbons (Fsp3) is 0.280. The minimum atomic E-state index is -1.27. The average Bonchev–Trinajstić information content (AvgIpc) is 3.47. The van der Waals surface area contributed by atoms with Gasteiger partial charge in [-0.3, -0.25) is 19.3 Å². The van der Waals surface area contributed by atoms with E-state index in [1.54, 1.807) is 28.9 Å². The Balaban J connectivity index is 1.27. The Morgan fingerprint density at radius 1 is 0.941 bits per heavy atom. The van der Waals surface area contributed by atoms with Crippen molar-refractivity contribution >= 4 is 34.5 Å². The van der Waals surface area contributed by atoms with Crippen LogP contribution in [0.4, 0.5) is 4.79 Å². The Morgan fingerprint density at radius 3 is 2.38 bits per heavy atom. The highest BCUT2D eigenvalue weighted by molar-refractivity contribution is 6.10. The molecule has 9 nitrogen and oxygen atoms in total. The van der Waals surface area contributed by atoms with Crippen LogP contribution in [0.5, 0.6) is 0 Å². The number of amides is 5. The molecule has 3 heterocycles. The van der Waals surface area contributed by atoms with Gasteiger partial charge in [0, 0.05) is 26.2 Å². The summed E-state index contributed by atoms with van der Waals surface area (Å²) in [5, 5.41) is 4.61. The summed E-state index contributed by atoms with van der Waals surface area (Å²) in [6.45, 7) is 2.64. The SMILES string of the molecule is C[C@]1(c2cccc3ccccc23)NC(=O)N(CC(=O)N2CCN(C(=O)c3ccco3)CC2)C1=O. The van der Waals surface area contributed by atoms with E-state index in [4.69, 9.17) is 4.42 Å². The summed E-state index contributed by atoms with van der Waals surface area (Å²) in [4.78, 5) is 55.7. The zero-order chi connectivity index (χ0) is 23.9. The molecule has 3 aromatic rings. The molecule has 34 heavy (non-hydrogen) atoms. The first-order valence-electron chi connectivity index (χ1n) is 11.1. The van der Waals surface area contributed by atoms with Gasteiger partial charge in [0.15, 0.2) is 5.76 Å². The van der Waals surface area contributed by atoms with Crippen LogP contribution >= 0.6 is 0 Å². The number of urea groups is 1. The molecule has 9 heteroatoms. The van der Waals surface area contributed by atoms with Crippen LogP contribution in [0.1, 0.15) is 23.0 Å². The van der Waals surface area contributed by atoms with Gasteiger partial charge in [0.1, 0.15) is 12.1 Å². The van der Waals surface area contributed by atoms with Crippen LogP contribution in [-0.2, 0) is 15.1 Å². The van der Waals surface area contributed by atoms with Crippen molar-refractivity contribution in [1.29, 1.82) is 0 Å². The molecule has 0 bridgehead atoms. The van der Waals surface area contributed by atoms with Gasteiger partial charge in [-0.05, 0) is 35.4 Å². The molecule has 2 aromatic carbocycles. The fourth-order valence-corrected chi connectivity index (χ4v) is 4.63. The van der Waals surface area contributed by atoms with Gasteiger partial charge in [-0.2, -0.15) is 0 Å². The molecule has 0 aliphatic carbocycles. The van der Waals surface area contributed by atoms with Crippen molar-refractivity contribution in [3.05, 3.63) is 72.2 Å². The number of hydrogen-bond donors (Lipinski definition) is 1. The van der Waals surface area contributed by atoms with E-state index in [0.29, 0.717) is 31.7 Å². The third kappa shape index (κ3) is 3.59. The lowest BCUT2D eigenvalue weighted by Gasteiger charge is -2.34. The van der Waals surface area contributed by atoms with E-state index in [-0.39, 0.29) is 24.1 Å². The van der Waals surface area contributed by atoms with Crippen molar-refractivity contribution < 1.29 is 23.6 Å². The molecule has 0 saturated carbocycles. The number of rotatable bonds is 4. The molecule has 2 aliphatic rings. The van der Waals surface area contributed by atoms with Gasteiger partial charge in [-0.25, -0.2) is 4.79 Å². The van der Waals surface area contributed by atoms with Gasteiger partial charge in [0.05, 0.1) is 6.26 Å². The summed E-state index contributed by atoms with van der Waals surface area (Å²) in [6, 6.07) is 15.9. The fourth-order valence-electron chi connectivity index (χ4n) is 4.63. The van der Waals surface area contributed by atoms with Crippen LogP contribution in [0.3, 0.4) is 0 Å². The summed E-state index contributed by atoms with van der Waals surface area (Å²) < 4.78 is 5.16. The highest BCUT2D eigenvalue weighted by Gasteiger charge is 2.50. The van der Waals surface area contributed by atoms with E-state index in [1.165, 1.54) is 6.26 Å². The molecule has 1 atom stereocenters. The Kier molecular flexibility index (Phi) is 5.31. The molecule has 0 radical (unpaired) electrons. The van der Waals surface area contributed by atoms with Gasteiger partial charge in [0.25, 0.3) is 11.8 Å². The number of benzene rings is 2. The van der Waals surface area contributed by atoms with Crippen molar-refractivity contribution in [2.45, 2.75) is 12.5 Å². The van der Waals surface area contributed by atoms with E-state index >= 15 is 0 Å². The molecule has 0 spiro atoms. The minimum Gasteiger partial charge on any atom is -0.459 e. The molecular formula is C25H24N4O5. The van der Waals surface area contributed by atoms with Crippen LogP contribution in [0.2, 0.25) is 0 Å². The van der Waals surface area contributed by atoms with Crippen LogP contribution in [0.15, 0.2) is 65.3 Å². The third-order valence-corrected chi connectivity index (χ3v) is 6.55. The molecule has 174 valence electrons. The van der Waals surface area contributed by atoms with Crippen LogP contribution < -0.4 is 5.32 Å². The number of carbonyl (C=O) groups excluding carboxylic acids is 4. The minimum absolute atomic E-state index is 0.225. The van der Waals surface area contributed by atoms with E-state index in [2.05, 4.69) is 5.32 Å². The van der Waals surface area contributed by atoms with Crippen molar-refractivity contribution in [3.8, 4) is 0 Å². The third-order valence-electron chi connectivity index (χ3n) is 6.55. The molecule has 2 saturated heterocycles. The molecule has 5 amide bonds. The maximum atomic E-state index is 13.4. The number of piperazine rings is 1. The standard InChI is InChI=1S/C25H24N4O5/c1-25(19-9-4-7-17-6-2-3-8-18(17)19)23(32)29(24(33)26-25)16-21(30)27-11-13-28(14-12-27)22(31)20-10-5-15-34-20/h2-10,15H,11-14,16H2,1H3,(H,26,33)/t25-/m1/s1. The van der Waals surface area contributed by atoms with E-state index < -0.39 is 17.5 Å². The second kappa shape index (κ2) is 8.33. The second-order valence-corrected chi connectivity index (χ2v) is 8.62. The topological polar surface area (TPSA) is 103 Å². The number of nitrogens with zero attached hydrogens (tertiary/aromatic N) is 3. The van der Waals surface area contributed by atoms with Crippen molar-refractivity contribution in [2.24, 2.45) is 0 Å². The zero-order valence-electron chi connectivity index (χ0n) is 18.7. The maximum absolute atomic E-state index is 13.4. The molecule has 1 aromatic heterocycles. The number of nitrogens with one attached hydrogen (secondary N) is 1. The summed E-state index contributed by atoms with van der Waals surface area (Å²) >= 11 is 0. The first kappa shape index (κ1) is 21.7. The molecule has 2 fully saturated rings. The predicted molar refractivity (Wildman–Crippen MR) is 123 cm³/mol. The number of fused-ring (bicyclic) bond motifs is 1. The lowest BCUT2D eigenvalue weighted by molar-refractivity contribution is -0.139. The van der Waals surface area contributed by atoms with Gasteiger partial charge in [-0.15, -0.1) is 0 Å². The Morgan fingerprint density at radius 2 is 1.65 bits per heavy atom. The van der Waals surface area contributed by atoms with Crippen molar-refractivity contribution in [3.63, 3.8) is 0 Å². The Bertz CT molecular complexity index is 1270. The highest BCUT2D eigenvalue weighted by atomic mass is 16.3. The van der Waals surface area contributed by atoms with Gasteiger partial charge in [-0.1, -0.05) is 42.5 Å². The molecule has 0 unspecified atom stereocenters. The van der Waals surface area contributed by atoms with Crippen molar-refractivity contribution in [2.75, 3.05) is 32.7 Å².